The van der Waals surface area contributed by atoms with Crippen LogP contribution in [0.15, 0.2) is 4.90 Å². The van der Waals surface area contributed by atoms with Crippen LogP contribution in [0.1, 0.15) is 43.3 Å². The summed E-state index contributed by atoms with van der Waals surface area (Å²) in [6.07, 6.45) is 4.62. The monoisotopic (exact) mass is 298 g/mol. The van der Waals surface area contributed by atoms with Crippen LogP contribution in [0.4, 0.5) is 10.7 Å². The zero-order valence-corrected chi connectivity index (χ0v) is 13.6. The molecule has 106 valence electrons. The minimum Gasteiger partial charge on any atom is -0.396 e. The molecule has 1 aromatic heterocycles. The zero-order valence-electron chi connectivity index (χ0n) is 11.9. The van der Waals surface area contributed by atoms with E-state index in [1.165, 1.54) is 24.2 Å². The Bertz CT molecular complexity index is 478. The summed E-state index contributed by atoms with van der Waals surface area (Å²) in [5.41, 5.74) is 6.80. The lowest BCUT2D eigenvalue weighted by Gasteiger charge is -2.13. The van der Waals surface area contributed by atoms with E-state index in [0.717, 1.165) is 15.8 Å². The molecule has 1 fully saturated rings. The summed E-state index contributed by atoms with van der Waals surface area (Å²) in [6.45, 7) is 6.04. The van der Waals surface area contributed by atoms with Gasteiger partial charge in [-0.25, -0.2) is 0 Å². The summed E-state index contributed by atoms with van der Waals surface area (Å²) < 4.78 is 0. The van der Waals surface area contributed by atoms with E-state index in [9.17, 15) is 4.79 Å². The second kappa shape index (κ2) is 5.75. The number of thioether (sulfide) groups is 1. The summed E-state index contributed by atoms with van der Waals surface area (Å²) in [4.78, 5) is 13.9. The van der Waals surface area contributed by atoms with Gasteiger partial charge in [-0.05, 0) is 31.9 Å². The van der Waals surface area contributed by atoms with Crippen LogP contribution in [0.3, 0.4) is 0 Å². The highest BCUT2D eigenvalue weighted by molar-refractivity contribution is 7.99. The Morgan fingerprint density at radius 1 is 1.42 bits per heavy atom. The number of Topliss-reactive ketones (excluding diaryl/α,β-unsaturated/α-hetero) is 1. The number of nitrogen functional groups attached to an aromatic ring is 1. The van der Waals surface area contributed by atoms with Gasteiger partial charge in [-0.1, -0.05) is 13.8 Å². The number of carbonyl (C=O) groups is 1. The Hall–Kier alpha value is -0.680. The number of nitrogens with one attached hydrogen (secondary N) is 1. The molecule has 0 spiro atoms. The number of nitrogens with two attached hydrogens (primary N) is 1. The Morgan fingerprint density at radius 3 is 2.53 bits per heavy atom. The number of hydrogen-bond acceptors (Lipinski definition) is 5. The van der Waals surface area contributed by atoms with Gasteiger partial charge < -0.3 is 11.1 Å². The van der Waals surface area contributed by atoms with Crippen LogP contribution in [0, 0.1) is 11.8 Å². The van der Waals surface area contributed by atoms with Crippen LogP contribution in [-0.2, 0) is 0 Å². The van der Waals surface area contributed by atoms with E-state index in [1.807, 2.05) is 20.1 Å². The van der Waals surface area contributed by atoms with Crippen molar-refractivity contribution in [3.63, 3.8) is 0 Å². The minimum atomic E-state index is -0.00985. The topological polar surface area (TPSA) is 55.1 Å². The summed E-state index contributed by atoms with van der Waals surface area (Å²) in [7, 11) is 0. The van der Waals surface area contributed by atoms with Gasteiger partial charge in [0.1, 0.15) is 5.00 Å². The van der Waals surface area contributed by atoms with Crippen molar-refractivity contribution in [1.29, 1.82) is 0 Å². The van der Waals surface area contributed by atoms with Crippen LogP contribution in [-0.4, -0.2) is 18.1 Å². The standard InChI is InChI=1S/C14H22N2OS2/c1-7(2)11(17)12-10(15)13(18-4)14(19-12)16-8(3)9-5-6-9/h7-9,16H,5-6,15H2,1-4H3. The highest BCUT2D eigenvalue weighted by Gasteiger charge is 2.30. The third-order valence-electron chi connectivity index (χ3n) is 3.54. The number of rotatable bonds is 6. The quantitative estimate of drug-likeness (QED) is 0.613. The van der Waals surface area contributed by atoms with Gasteiger partial charge >= 0.3 is 0 Å². The van der Waals surface area contributed by atoms with Gasteiger partial charge in [-0.3, -0.25) is 4.79 Å². The van der Waals surface area contributed by atoms with Gasteiger partial charge in [0, 0.05) is 12.0 Å². The van der Waals surface area contributed by atoms with E-state index in [-0.39, 0.29) is 11.7 Å². The molecule has 3 N–H and O–H groups in total. The molecule has 0 aliphatic heterocycles. The van der Waals surface area contributed by atoms with E-state index in [2.05, 4.69) is 12.2 Å². The fourth-order valence-electron chi connectivity index (χ4n) is 2.09. The molecule has 1 aliphatic carbocycles. The number of thiophene rings is 1. The average Bonchev–Trinajstić information content (AvgIpc) is 3.15. The molecule has 3 nitrogen and oxygen atoms in total. The van der Waals surface area contributed by atoms with E-state index >= 15 is 0 Å². The zero-order chi connectivity index (χ0) is 14.2. The van der Waals surface area contributed by atoms with Crippen molar-refractivity contribution in [2.24, 2.45) is 11.8 Å². The van der Waals surface area contributed by atoms with Crippen molar-refractivity contribution >= 4 is 39.6 Å². The molecule has 0 saturated heterocycles. The predicted octanol–water partition coefficient (Wildman–Crippen LogP) is 4.10. The fourth-order valence-corrected chi connectivity index (χ4v) is 4.30. The van der Waals surface area contributed by atoms with Gasteiger partial charge in [0.05, 0.1) is 15.5 Å². The molecule has 1 heterocycles. The second-order valence-electron chi connectivity index (χ2n) is 5.50. The first-order chi connectivity index (χ1) is 8.95. The molecule has 1 unspecified atom stereocenters. The largest absolute Gasteiger partial charge is 0.396 e. The molecule has 2 rings (SSSR count). The van der Waals surface area contributed by atoms with Crippen molar-refractivity contribution in [1.82, 2.24) is 0 Å². The maximum absolute atomic E-state index is 12.2. The Morgan fingerprint density at radius 2 is 2.05 bits per heavy atom. The van der Waals surface area contributed by atoms with Gasteiger partial charge in [0.25, 0.3) is 0 Å². The molecule has 19 heavy (non-hydrogen) atoms. The number of ketones is 1. The SMILES string of the molecule is CSc1c(NC(C)C2CC2)sc(C(=O)C(C)C)c1N. The van der Waals surface area contributed by atoms with E-state index in [4.69, 9.17) is 5.73 Å². The summed E-state index contributed by atoms with van der Waals surface area (Å²) >= 11 is 3.13. The van der Waals surface area contributed by atoms with E-state index in [1.54, 1.807) is 11.8 Å². The first-order valence-corrected chi connectivity index (χ1v) is 8.76. The van der Waals surface area contributed by atoms with Crippen molar-refractivity contribution < 1.29 is 4.79 Å². The molecule has 0 amide bonds. The molecular formula is C14H22N2OS2. The lowest BCUT2D eigenvalue weighted by Crippen LogP contribution is -2.16. The average molecular weight is 298 g/mol. The number of anilines is 2. The van der Waals surface area contributed by atoms with Gasteiger partial charge in [0.15, 0.2) is 5.78 Å². The third kappa shape index (κ3) is 3.08. The first-order valence-electron chi connectivity index (χ1n) is 6.72. The van der Waals surface area contributed by atoms with Gasteiger partial charge in [-0.2, -0.15) is 0 Å². The van der Waals surface area contributed by atoms with Crippen LogP contribution in [0.5, 0.6) is 0 Å². The molecule has 1 aromatic rings. The van der Waals surface area contributed by atoms with Crippen molar-refractivity contribution in [2.75, 3.05) is 17.3 Å². The van der Waals surface area contributed by atoms with E-state index < -0.39 is 0 Å². The van der Waals surface area contributed by atoms with Crippen LogP contribution in [0.2, 0.25) is 0 Å². The summed E-state index contributed by atoms with van der Waals surface area (Å²) in [6, 6.07) is 0.464. The van der Waals surface area contributed by atoms with Crippen molar-refractivity contribution in [3.05, 3.63) is 4.88 Å². The van der Waals surface area contributed by atoms with Gasteiger partial charge in [0.2, 0.25) is 0 Å². The van der Waals surface area contributed by atoms with E-state index in [0.29, 0.717) is 16.6 Å². The normalized spacial score (nSPS) is 16.7. The second-order valence-corrected chi connectivity index (χ2v) is 7.33. The predicted molar refractivity (Wildman–Crippen MR) is 85.5 cm³/mol. The lowest BCUT2D eigenvalue weighted by atomic mass is 10.1. The van der Waals surface area contributed by atoms with Crippen molar-refractivity contribution in [2.45, 2.75) is 44.6 Å². The molecule has 0 aromatic carbocycles. The first kappa shape index (κ1) is 14.7. The third-order valence-corrected chi connectivity index (χ3v) is 5.65. The molecule has 1 atom stereocenters. The highest BCUT2D eigenvalue weighted by Crippen LogP contribution is 2.44. The molecule has 0 radical (unpaired) electrons. The van der Waals surface area contributed by atoms with Crippen LogP contribution >= 0.6 is 23.1 Å². The molecule has 1 saturated carbocycles. The molecule has 0 bridgehead atoms. The number of hydrogen-bond donors (Lipinski definition) is 2. The lowest BCUT2D eigenvalue weighted by molar-refractivity contribution is 0.0944. The Labute approximate surface area is 123 Å². The Kier molecular flexibility index (Phi) is 4.46. The summed E-state index contributed by atoms with van der Waals surface area (Å²) in [5, 5.41) is 4.61. The van der Waals surface area contributed by atoms with Crippen LogP contribution in [0.25, 0.3) is 0 Å². The smallest absolute Gasteiger partial charge is 0.177 e. The minimum absolute atomic E-state index is 0.00985. The molecule has 5 heteroatoms. The summed E-state index contributed by atoms with van der Waals surface area (Å²) in [5.74, 6) is 0.913. The van der Waals surface area contributed by atoms with Gasteiger partial charge in [-0.15, -0.1) is 23.1 Å². The maximum atomic E-state index is 12.2. The fraction of sp³-hybridized carbons (Fsp3) is 0.643. The number of carbonyl (C=O) groups excluding carboxylic acids is 1. The maximum Gasteiger partial charge on any atom is 0.177 e. The Balaban J connectivity index is 2.27. The van der Waals surface area contributed by atoms with Crippen LogP contribution < -0.4 is 11.1 Å². The highest BCUT2D eigenvalue weighted by atomic mass is 32.2. The van der Waals surface area contributed by atoms with Crippen molar-refractivity contribution in [3.8, 4) is 0 Å². The molecular weight excluding hydrogens is 276 g/mol. The molecule has 1 aliphatic rings.